The van der Waals surface area contributed by atoms with E-state index in [1.165, 1.54) is 23.5 Å². The number of imide groups is 1. The lowest BCUT2D eigenvalue weighted by Crippen LogP contribution is -2.46. The van der Waals surface area contributed by atoms with Gasteiger partial charge in [-0.2, -0.15) is 0 Å². The Morgan fingerprint density at radius 1 is 1.52 bits per heavy atom. The Balaban J connectivity index is 2.29. The van der Waals surface area contributed by atoms with Crippen molar-refractivity contribution in [2.45, 2.75) is 38.3 Å². The van der Waals surface area contributed by atoms with Gasteiger partial charge in [-0.25, -0.2) is 9.69 Å². The maximum absolute atomic E-state index is 12.3. The topological polar surface area (TPSA) is 89.8 Å². The molecule has 0 unspecified atom stereocenters. The smallest absolute Gasteiger partial charge is 0.417 e. The highest BCUT2D eigenvalue weighted by molar-refractivity contribution is 7.10. The number of carbonyl (C=O) groups excluding carboxylic acids is 2. The first-order valence-corrected chi connectivity index (χ1v) is 7.96. The minimum absolute atomic E-state index is 0.373. The summed E-state index contributed by atoms with van der Waals surface area (Å²) in [5.41, 5.74) is -0.758. The van der Waals surface area contributed by atoms with Gasteiger partial charge in [0.15, 0.2) is 0 Å². The van der Waals surface area contributed by atoms with Crippen LogP contribution < -0.4 is 0 Å². The lowest BCUT2D eigenvalue weighted by atomic mass is 9.98. The highest BCUT2D eigenvalue weighted by Gasteiger charge is 2.42. The number of thiophene rings is 1. The third kappa shape index (κ3) is 4.16. The number of hydrogen-bond acceptors (Lipinski definition) is 6. The van der Waals surface area contributed by atoms with Crippen LogP contribution in [0.2, 0.25) is 0 Å². The zero-order chi connectivity index (χ0) is 17.2. The van der Waals surface area contributed by atoms with Gasteiger partial charge in [0.1, 0.15) is 5.60 Å². The third-order valence-corrected chi connectivity index (χ3v) is 4.23. The SMILES string of the molecule is CC(C)(C)OC(=O)N1C(=O)C=C[C@H]1[C@H](C[N+](=O)[O-])c1cccs1. The van der Waals surface area contributed by atoms with E-state index in [2.05, 4.69) is 0 Å². The molecule has 2 heterocycles. The first-order valence-electron chi connectivity index (χ1n) is 7.08. The first-order chi connectivity index (χ1) is 10.7. The molecule has 1 aromatic heterocycles. The number of nitrogens with zero attached hydrogens (tertiary/aromatic N) is 2. The summed E-state index contributed by atoms with van der Waals surface area (Å²) in [6, 6.07) is 2.83. The molecule has 2 amide bonds. The molecule has 1 aliphatic rings. The molecule has 1 aliphatic heterocycles. The second-order valence-corrected chi connectivity index (χ2v) is 7.15. The minimum atomic E-state index is -0.789. The zero-order valence-corrected chi connectivity index (χ0v) is 13.9. The Hall–Kier alpha value is -2.22. The molecular weight excluding hydrogens is 320 g/mol. The van der Waals surface area contributed by atoms with E-state index in [9.17, 15) is 19.7 Å². The van der Waals surface area contributed by atoms with Crippen molar-refractivity contribution in [3.8, 4) is 0 Å². The Labute approximate surface area is 137 Å². The van der Waals surface area contributed by atoms with Gasteiger partial charge in [-0.1, -0.05) is 12.1 Å². The molecule has 0 aliphatic carbocycles. The van der Waals surface area contributed by atoms with Crippen LogP contribution in [0.1, 0.15) is 31.6 Å². The first kappa shape index (κ1) is 17.1. The molecule has 7 nitrogen and oxygen atoms in total. The molecule has 0 aromatic carbocycles. The van der Waals surface area contributed by atoms with Crippen molar-refractivity contribution in [2.24, 2.45) is 0 Å². The Bertz CT molecular complexity index is 633. The lowest BCUT2D eigenvalue weighted by Gasteiger charge is -2.29. The average Bonchev–Trinajstić information content (AvgIpc) is 3.02. The number of ether oxygens (including phenoxy) is 1. The fourth-order valence-electron chi connectivity index (χ4n) is 2.36. The molecule has 0 saturated heterocycles. The molecule has 2 atom stereocenters. The predicted octanol–water partition coefficient (Wildman–Crippen LogP) is 2.81. The number of rotatable bonds is 4. The van der Waals surface area contributed by atoms with Gasteiger partial charge < -0.3 is 4.74 Å². The predicted molar refractivity (Wildman–Crippen MR) is 84.9 cm³/mol. The molecule has 1 aromatic rings. The number of carbonyl (C=O) groups is 2. The summed E-state index contributed by atoms with van der Waals surface area (Å²) >= 11 is 1.36. The van der Waals surface area contributed by atoms with Gasteiger partial charge in [0.05, 0.1) is 12.0 Å². The van der Waals surface area contributed by atoms with Crippen molar-refractivity contribution in [2.75, 3.05) is 6.54 Å². The summed E-state index contributed by atoms with van der Waals surface area (Å²) in [4.78, 5) is 36.6. The normalized spacial score (nSPS) is 19.0. The highest BCUT2D eigenvalue weighted by atomic mass is 32.1. The fourth-order valence-corrected chi connectivity index (χ4v) is 3.22. The van der Waals surface area contributed by atoms with Crippen LogP contribution in [-0.4, -0.2) is 40.0 Å². The van der Waals surface area contributed by atoms with Gasteiger partial charge in [0.25, 0.3) is 5.91 Å². The van der Waals surface area contributed by atoms with Gasteiger partial charge in [-0.05, 0) is 32.2 Å². The van der Waals surface area contributed by atoms with Crippen molar-refractivity contribution in [3.05, 3.63) is 44.7 Å². The van der Waals surface area contributed by atoms with Gasteiger partial charge in [-0.15, -0.1) is 11.3 Å². The minimum Gasteiger partial charge on any atom is -0.443 e. The van der Waals surface area contributed by atoms with Crippen LogP contribution >= 0.6 is 11.3 Å². The monoisotopic (exact) mass is 338 g/mol. The quantitative estimate of drug-likeness (QED) is 0.622. The standard InChI is InChI=1S/C15H18N2O5S/c1-15(2,3)22-14(19)17-11(6-7-13(17)18)10(9-16(20)21)12-5-4-8-23-12/h4-8,10-11H,9H2,1-3H3/t10-,11-/m0/s1. The van der Waals surface area contributed by atoms with E-state index >= 15 is 0 Å². The van der Waals surface area contributed by atoms with E-state index in [4.69, 9.17) is 4.74 Å². The van der Waals surface area contributed by atoms with E-state index in [0.717, 1.165) is 9.78 Å². The van der Waals surface area contributed by atoms with Crippen LogP contribution in [0.5, 0.6) is 0 Å². The third-order valence-electron chi connectivity index (χ3n) is 3.23. The molecule has 23 heavy (non-hydrogen) atoms. The molecule has 0 N–H and O–H groups in total. The van der Waals surface area contributed by atoms with E-state index in [0.29, 0.717) is 0 Å². The number of amides is 2. The molecule has 8 heteroatoms. The average molecular weight is 338 g/mol. The largest absolute Gasteiger partial charge is 0.443 e. The van der Waals surface area contributed by atoms with Gasteiger partial charge in [0, 0.05) is 15.9 Å². The van der Waals surface area contributed by atoms with Gasteiger partial charge in [-0.3, -0.25) is 14.9 Å². The van der Waals surface area contributed by atoms with Crippen LogP contribution in [0.15, 0.2) is 29.7 Å². The van der Waals surface area contributed by atoms with E-state index in [1.807, 2.05) is 0 Å². The molecule has 0 fully saturated rings. The fraction of sp³-hybridized carbons (Fsp3) is 0.467. The summed E-state index contributed by atoms with van der Waals surface area (Å²) in [6.45, 7) is 4.72. The molecule has 0 bridgehead atoms. The van der Waals surface area contributed by atoms with Crippen LogP contribution in [0.25, 0.3) is 0 Å². The number of nitro groups is 1. The van der Waals surface area contributed by atoms with E-state index < -0.39 is 34.5 Å². The van der Waals surface area contributed by atoms with Crippen LogP contribution in [0.3, 0.4) is 0 Å². The summed E-state index contributed by atoms with van der Waals surface area (Å²) in [7, 11) is 0. The van der Waals surface area contributed by atoms with Crippen LogP contribution in [-0.2, 0) is 9.53 Å². The van der Waals surface area contributed by atoms with Gasteiger partial charge in [0.2, 0.25) is 6.54 Å². The molecule has 0 saturated carbocycles. The molecule has 0 spiro atoms. The lowest BCUT2D eigenvalue weighted by molar-refractivity contribution is -0.484. The summed E-state index contributed by atoms with van der Waals surface area (Å²) < 4.78 is 5.25. The second kappa shape index (κ2) is 6.49. The summed E-state index contributed by atoms with van der Waals surface area (Å²) in [6.07, 6.45) is 2.00. The Morgan fingerprint density at radius 3 is 2.74 bits per heavy atom. The molecule has 124 valence electrons. The van der Waals surface area contributed by atoms with Gasteiger partial charge >= 0.3 is 6.09 Å². The maximum Gasteiger partial charge on any atom is 0.417 e. The number of hydrogen-bond donors (Lipinski definition) is 0. The molecular formula is C15H18N2O5S. The van der Waals surface area contributed by atoms with Crippen LogP contribution in [0.4, 0.5) is 4.79 Å². The zero-order valence-electron chi connectivity index (χ0n) is 13.1. The van der Waals surface area contributed by atoms with Crippen LogP contribution in [0, 0.1) is 10.1 Å². The van der Waals surface area contributed by atoms with E-state index in [-0.39, 0.29) is 6.54 Å². The summed E-state index contributed by atoms with van der Waals surface area (Å²) in [5.74, 6) is -1.12. The van der Waals surface area contributed by atoms with Crippen molar-refractivity contribution >= 4 is 23.3 Å². The Kier molecular flexibility index (Phi) is 4.84. The van der Waals surface area contributed by atoms with Crippen molar-refractivity contribution in [1.29, 1.82) is 0 Å². The van der Waals surface area contributed by atoms with Crippen molar-refractivity contribution in [1.82, 2.24) is 4.90 Å². The van der Waals surface area contributed by atoms with Crippen molar-refractivity contribution in [3.63, 3.8) is 0 Å². The molecule has 0 radical (unpaired) electrons. The maximum atomic E-state index is 12.3. The summed E-state index contributed by atoms with van der Waals surface area (Å²) in [5, 5.41) is 12.8. The molecule has 2 rings (SSSR count). The van der Waals surface area contributed by atoms with Crippen molar-refractivity contribution < 1.29 is 19.2 Å². The Morgan fingerprint density at radius 2 is 2.22 bits per heavy atom. The van der Waals surface area contributed by atoms with E-state index in [1.54, 1.807) is 38.3 Å². The highest BCUT2D eigenvalue weighted by Crippen LogP contribution is 2.32. The second-order valence-electron chi connectivity index (χ2n) is 6.18.